The number of rotatable bonds is 9. The van der Waals surface area contributed by atoms with Crippen LogP contribution in [-0.2, 0) is 11.2 Å². The standard InChI is InChI=1S/C19H23NO5/c1-22-15-5-7-16(8-6-15)25-13-19(21)20-11-10-14-4-9-17(23-2)18(12-14)24-3/h4-9,12H,10-11,13H2,1-3H3,(H,20,21). The highest BCUT2D eigenvalue weighted by Gasteiger charge is 2.06. The highest BCUT2D eigenvalue weighted by molar-refractivity contribution is 5.77. The first-order valence-corrected chi connectivity index (χ1v) is 7.90. The maximum absolute atomic E-state index is 11.8. The Morgan fingerprint density at radius 3 is 2.20 bits per heavy atom. The van der Waals surface area contributed by atoms with E-state index in [0.717, 1.165) is 11.3 Å². The third-order valence-corrected chi connectivity index (χ3v) is 3.61. The molecule has 0 fully saturated rings. The van der Waals surface area contributed by atoms with Crippen LogP contribution >= 0.6 is 0 Å². The Labute approximate surface area is 147 Å². The van der Waals surface area contributed by atoms with Gasteiger partial charge in [-0.3, -0.25) is 4.79 Å². The molecule has 2 rings (SSSR count). The summed E-state index contributed by atoms with van der Waals surface area (Å²) in [7, 11) is 4.79. The lowest BCUT2D eigenvalue weighted by Crippen LogP contribution is -2.30. The van der Waals surface area contributed by atoms with Crippen molar-refractivity contribution in [1.29, 1.82) is 0 Å². The zero-order valence-corrected chi connectivity index (χ0v) is 14.7. The van der Waals surface area contributed by atoms with Crippen molar-refractivity contribution in [3.63, 3.8) is 0 Å². The van der Waals surface area contributed by atoms with Gasteiger partial charge < -0.3 is 24.3 Å². The molecule has 0 radical (unpaired) electrons. The summed E-state index contributed by atoms with van der Waals surface area (Å²) in [5.41, 5.74) is 1.05. The average Bonchev–Trinajstić information content (AvgIpc) is 2.66. The molecule has 2 aromatic carbocycles. The second-order valence-electron chi connectivity index (χ2n) is 5.25. The molecule has 0 aliphatic heterocycles. The van der Waals surface area contributed by atoms with E-state index in [2.05, 4.69) is 5.32 Å². The number of carbonyl (C=O) groups excluding carboxylic acids is 1. The molecular formula is C19H23NO5. The highest BCUT2D eigenvalue weighted by Crippen LogP contribution is 2.27. The Morgan fingerprint density at radius 2 is 1.56 bits per heavy atom. The van der Waals surface area contributed by atoms with Crippen LogP contribution in [-0.4, -0.2) is 40.4 Å². The Morgan fingerprint density at radius 1 is 0.880 bits per heavy atom. The maximum atomic E-state index is 11.8. The summed E-state index contributed by atoms with van der Waals surface area (Å²) in [5.74, 6) is 2.55. The number of methoxy groups -OCH3 is 3. The van der Waals surface area contributed by atoms with Gasteiger partial charge in [0.25, 0.3) is 5.91 Å². The molecule has 2 aromatic rings. The molecule has 0 aliphatic carbocycles. The van der Waals surface area contributed by atoms with Gasteiger partial charge in [0.2, 0.25) is 0 Å². The molecule has 0 aliphatic rings. The van der Waals surface area contributed by atoms with E-state index in [1.165, 1.54) is 0 Å². The van der Waals surface area contributed by atoms with Crippen molar-refractivity contribution in [3.05, 3.63) is 48.0 Å². The summed E-state index contributed by atoms with van der Waals surface area (Å²) in [6, 6.07) is 12.8. The van der Waals surface area contributed by atoms with Gasteiger partial charge in [0.05, 0.1) is 21.3 Å². The van der Waals surface area contributed by atoms with Crippen LogP contribution in [0, 0.1) is 0 Å². The summed E-state index contributed by atoms with van der Waals surface area (Å²) in [5, 5.41) is 2.83. The van der Waals surface area contributed by atoms with E-state index < -0.39 is 0 Å². The molecule has 0 heterocycles. The number of benzene rings is 2. The fraction of sp³-hybridized carbons (Fsp3) is 0.316. The first-order chi connectivity index (χ1) is 12.2. The Balaban J connectivity index is 1.74. The van der Waals surface area contributed by atoms with E-state index >= 15 is 0 Å². The molecular weight excluding hydrogens is 322 g/mol. The van der Waals surface area contributed by atoms with E-state index in [4.69, 9.17) is 18.9 Å². The predicted octanol–water partition coefficient (Wildman–Crippen LogP) is 2.45. The van der Waals surface area contributed by atoms with E-state index in [1.54, 1.807) is 45.6 Å². The summed E-state index contributed by atoms with van der Waals surface area (Å²) in [4.78, 5) is 11.8. The van der Waals surface area contributed by atoms with Gasteiger partial charge in [-0.2, -0.15) is 0 Å². The largest absolute Gasteiger partial charge is 0.497 e. The molecule has 6 heteroatoms. The number of hydrogen-bond acceptors (Lipinski definition) is 5. The first-order valence-electron chi connectivity index (χ1n) is 7.90. The fourth-order valence-electron chi connectivity index (χ4n) is 2.25. The Kier molecular flexibility index (Phi) is 6.95. The minimum atomic E-state index is -0.170. The number of nitrogens with one attached hydrogen (secondary N) is 1. The number of carbonyl (C=O) groups is 1. The molecule has 134 valence electrons. The third kappa shape index (κ3) is 5.60. The lowest BCUT2D eigenvalue weighted by Gasteiger charge is -2.10. The third-order valence-electron chi connectivity index (χ3n) is 3.61. The van der Waals surface area contributed by atoms with Crippen LogP contribution in [0.15, 0.2) is 42.5 Å². The van der Waals surface area contributed by atoms with Crippen molar-refractivity contribution in [2.24, 2.45) is 0 Å². The monoisotopic (exact) mass is 345 g/mol. The normalized spacial score (nSPS) is 10.0. The lowest BCUT2D eigenvalue weighted by molar-refractivity contribution is -0.123. The van der Waals surface area contributed by atoms with Crippen LogP contribution in [0.4, 0.5) is 0 Å². The molecule has 0 saturated carbocycles. The average molecular weight is 345 g/mol. The number of hydrogen-bond donors (Lipinski definition) is 1. The van der Waals surface area contributed by atoms with Crippen molar-refractivity contribution in [1.82, 2.24) is 5.32 Å². The maximum Gasteiger partial charge on any atom is 0.257 e. The van der Waals surface area contributed by atoms with Gasteiger partial charge in [-0.1, -0.05) is 6.07 Å². The highest BCUT2D eigenvalue weighted by atomic mass is 16.5. The van der Waals surface area contributed by atoms with Gasteiger partial charge in [-0.15, -0.1) is 0 Å². The number of amides is 1. The second kappa shape index (κ2) is 9.42. The van der Waals surface area contributed by atoms with Crippen LogP contribution in [0.3, 0.4) is 0 Å². The van der Waals surface area contributed by atoms with Crippen LogP contribution in [0.5, 0.6) is 23.0 Å². The Hall–Kier alpha value is -2.89. The van der Waals surface area contributed by atoms with Crippen LogP contribution < -0.4 is 24.3 Å². The summed E-state index contributed by atoms with van der Waals surface area (Å²) in [6.07, 6.45) is 0.689. The van der Waals surface area contributed by atoms with E-state index in [1.807, 2.05) is 18.2 Å². The molecule has 1 N–H and O–H groups in total. The van der Waals surface area contributed by atoms with E-state index in [9.17, 15) is 4.79 Å². The smallest absolute Gasteiger partial charge is 0.257 e. The van der Waals surface area contributed by atoms with Gasteiger partial charge >= 0.3 is 0 Å². The van der Waals surface area contributed by atoms with Crippen molar-refractivity contribution in [3.8, 4) is 23.0 Å². The van der Waals surface area contributed by atoms with Crippen LogP contribution in [0.25, 0.3) is 0 Å². The quantitative estimate of drug-likeness (QED) is 0.756. The minimum absolute atomic E-state index is 0.0295. The SMILES string of the molecule is COc1ccc(OCC(=O)NCCc2ccc(OC)c(OC)c2)cc1. The first kappa shape index (κ1) is 18.4. The second-order valence-corrected chi connectivity index (χ2v) is 5.25. The fourth-order valence-corrected chi connectivity index (χ4v) is 2.25. The molecule has 0 saturated heterocycles. The minimum Gasteiger partial charge on any atom is -0.497 e. The van der Waals surface area contributed by atoms with Crippen LogP contribution in [0.2, 0.25) is 0 Å². The topological polar surface area (TPSA) is 66.0 Å². The van der Waals surface area contributed by atoms with E-state index in [0.29, 0.717) is 30.2 Å². The van der Waals surface area contributed by atoms with Crippen molar-refractivity contribution in [2.45, 2.75) is 6.42 Å². The van der Waals surface area contributed by atoms with E-state index in [-0.39, 0.29) is 12.5 Å². The summed E-state index contributed by atoms with van der Waals surface area (Å²) < 4.78 is 21.0. The van der Waals surface area contributed by atoms with Crippen molar-refractivity contribution >= 4 is 5.91 Å². The predicted molar refractivity (Wildman–Crippen MR) is 94.7 cm³/mol. The molecule has 0 bridgehead atoms. The Bertz CT molecular complexity index is 685. The zero-order chi connectivity index (χ0) is 18.1. The van der Waals surface area contributed by atoms with Gasteiger partial charge in [-0.25, -0.2) is 0 Å². The lowest BCUT2D eigenvalue weighted by atomic mass is 10.1. The molecule has 6 nitrogen and oxygen atoms in total. The molecule has 0 spiro atoms. The summed E-state index contributed by atoms with van der Waals surface area (Å²) in [6.45, 7) is 0.485. The van der Waals surface area contributed by atoms with Crippen molar-refractivity contribution < 1.29 is 23.7 Å². The summed E-state index contributed by atoms with van der Waals surface area (Å²) >= 11 is 0. The van der Waals surface area contributed by atoms with Gasteiger partial charge in [0.1, 0.15) is 11.5 Å². The van der Waals surface area contributed by atoms with Crippen molar-refractivity contribution in [2.75, 3.05) is 34.5 Å². The molecule has 1 amide bonds. The zero-order valence-electron chi connectivity index (χ0n) is 14.7. The molecule has 0 aromatic heterocycles. The van der Waals surface area contributed by atoms with Crippen LogP contribution in [0.1, 0.15) is 5.56 Å². The van der Waals surface area contributed by atoms with Gasteiger partial charge in [0, 0.05) is 6.54 Å². The number of ether oxygens (including phenoxy) is 4. The molecule has 0 unspecified atom stereocenters. The molecule has 0 atom stereocenters. The van der Waals surface area contributed by atoms with Gasteiger partial charge in [0.15, 0.2) is 18.1 Å². The molecule has 25 heavy (non-hydrogen) atoms. The van der Waals surface area contributed by atoms with Gasteiger partial charge in [-0.05, 0) is 48.4 Å².